The number of aromatic hydroxyl groups is 1. The molecule has 1 saturated heterocycles. The molecule has 1 fully saturated rings. The molecule has 0 saturated carbocycles. The maximum atomic E-state index is 12.2. The van der Waals surface area contributed by atoms with Gasteiger partial charge in [0.05, 0.1) is 6.10 Å². The summed E-state index contributed by atoms with van der Waals surface area (Å²) in [6.45, 7) is 1.23. The Morgan fingerprint density at radius 2 is 1.93 bits per heavy atom. The molecule has 3 aromatic carbocycles. The van der Waals surface area contributed by atoms with E-state index in [-0.39, 0.29) is 24.4 Å². The molecule has 1 unspecified atom stereocenters. The Balaban J connectivity index is 1.55. The number of fused-ring (bicyclic) bond motifs is 1. The minimum atomic E-state index is -0.166. The number of ether oxygens (including phenoxy) is 2. The second-order valence-electron chi connectivity index (χ2n) is 6.93. The Bertz CT molecular complexity index is 962. The van der Waals surface area contributed by atoms with E-state index in [1.165, 1.54) is 0 Å². The second kappa shape index (κ2) is 8.31. The number of hydrogen-bond donors (Lipinski definition) is 2. The van der Waals surface area contributed by atoms with Gasteiger partial charge in [-0.25, -0.2) is 0 Å². The van der Waals surface area contributed by atoms with Crippen LogP contribution in [-0.2, 0) is 9.53 Å². The van der Waals surface area contributed by atoms with Crippen LogP contribution in [0.15, 0.2) is 60.7 Å². The van der Waals surface area contributed by atoms with Gasteiger partial charge in [0, 0.05) is 18.7 Å². The van der Waals surface area contributed by atoms with Crippen molar-refractivity contribution in [2.75, 3.05) is 19.8 Å². The number of benzene rings is 3. The molecule has 0 aliphatic carbocycles. The summed E-state index contributed by atoms with van der Waals surface area (Å²) in [5.74, 6) is 0.678. The van der Waals surface area contributed by atoms with Crippen molar-refractivity contribution < 1.29 is 19.4 Å². The average molecular weight is 377 g/mol. The maximum Gasteiger partial charge on any atom is 0.258 e. The van der Waals surface area contributed by atoms with Gasteiger partial charge in [-0.05, 0) is 47.4 Å². The lowest BCUT2D eigenvalue weighted by molar-refractivity contribution is -0.123. The first-order valence-corrected chi connectivity index (χ1v) is 9.53. The number of phenols is 1. The largest absolute Gasteiger partial charge is 0.508 e. The van der Waals surface area contributed by atoms with Gasteiger partial charge in [-0.15, -0.1) is 0 Å². The van der Waals surface area contributed by atoms with Gasteiger partial charge >= 0.3 is 0 Å². The summed E-state index contributed by atoms with van der Waals surface area (Å²) in [7, 11) is 0. The minimum Gasteiger partial charge on any atom is -0.508 e. The number of carbonyl (C=O) groups is 1. The topological polar surface area (TPSA) is 67.8 Å². The molecule has 1 aliphatic rings. The summed E-state index contributed by atoms with van der Waals surface area (Å²) in [6, 6.07) is 18.9. The Morgan fingerprint density at radius 1 is 1.11 bits per heavy atom. The van der Waals surface area contributed by atoms with Crippen molar-refractivity contribution in [3.05, 3.63) is 60.7 Å². The summed E-state index contributed by atoms with van der Waals surface area (Å²) >= 11 is 0. The molecule has 1 heterocycles. The van der Waals surface area contributed by atoms with E-state index in [1.807, 2.05) is 48.5 Å². The predicted molar refractivity (Wildman–Crippen MR) is 109 cm³/mol. The molecule has 0 spiro atoms. The zero-order valence-corrected chi connectivity index (χ0v) is 15.6. The fourth-order valence-corrected chi connectivity index (χ4v) is 3.53. The molecule has 0 radical (unpaired) electrons. The molecule has 0 aromatic heterocycles. The summed E-state index contributed by atoms with van der Waals surface area (Å²) < 4.78 is 11.4. The van der Waals surface area contributed by atoms with Crippen LogP contribution in [0.1, 0.15) is 12.8 Å². The SMILES string of the molecule is O=C(COc1ccc2ccccc2c1-c1ccc(O)cc1)NCC1CCCO1. The van der Waals surface area contributed by atoms with Gasteiger partial charge in [-0.3, -0.25) is 4.79 Å². The fourth-order valence-electron chi connectivity index (χ4n) is 3.53. The van der Waals surface area contributed by atoms with Crippen LogP contribution >= 0.6 is 0 Å². The van der Waals surface area contributed by atoms with Crippen molar-refractivity contribution in [3.8, 4) is 22.6 Å². The van der Waals surface area contributed by atoms with Crippen LogP contribution in [0.4, 0.5) is 0 Å². The van der Waals surface area contributed by atoms with Gasteiger partial charge in [0.2, 0.25) is 0 Å². The molecule has 144 valence electrons. The number of nitrogens with one attached hydrogen (secondary N) is 1. The Labute approximate surface area is 163 Å². The highest BCUT2D eigenvalue weighted by Gasteiger charge is 2.17. The van der Waals surface area contributed by atoms with Gasteiger partial charge in [-0.1, -0.05) is 42.5 Å². The van der Waals surface area contributed by atoms with E-state index in [0.29, 0.717) is 12.3 Å². The predicted octanol–water partition coefficient (Wildman–Crippen LogP) is 3.89. The first-order valence-electron chi connectivity index (χ1n) is 9.53. The smallest absolute Gasteiger partial charge is 0.258 e. The lowest BCUT2D eigenvalue weighted by Crippen LogP contribution is -2.35. The van der Waals surface area contributed by atoms with Crippen molar-refractivity contribution in [2.45, 2.75) is 18.9 Å². The highest BCUT2D eigenvalue weighted by Crippen LogP contribution is 2.37. The van der Waals surface area contributed by atoms with Crippen molar-refractivity contribution >= 4 is 16.7 Å². The van der Waals surface area contributed by atoms with Gasteiger partial charge in [0.15, 0.2) is 6.61 Å². The Morgan fingerprint density at radius 3 is 2.71 bits per heavy atom. The highest BCUT2D eigenvalue weighted by molar-refractivity contribution is 6.00. The van der Waals surface area contributed by atoms with E-state index < -0.39 is 0 Å². The van der Waals surface area contributed by atoms with Crippen LogP contribution < -0.4 is 10.1 Å². The van der Waals surface area contributed by atoms with Crippen LogP contribution in [0.2, 0.25) is 0 Å². The highest BCUT2D eigenvalue weighted by atomic mass is 16.5. The zero-order chi connectivity index (χ0) is 19.3. The Hall–Kier alpha value is -3.05. The number of amides is 1. The fraction of sp³-hybridized carbons (Fsp3) is 0.261. The maximum absolute atomic E-state index is 12.2. The number of hydrogen-bond acceptors (Lipinski definition) is 4. The van der Waals surface area contributed by atoms with Crippen molar-refractivity contribution in [1.82, 2.24) is 5.32 Å². The molecular formula is C23H23NO4. The van der Waals surface area contributed by atoms with E-state index >= 15 is 0 Å². The van der Waals surface area contributed by atoms with Gasteiger partial charge in [-0.2, -0.15) is 0 Å². The van der Waals surface area contributed by atoms with Crippen molar-refractivity contribution in [2.24, 2.45) is 0 Å². The lowest BCUT2D eigenvalue weighted by atomic mass is 9.97. The van der Waals surface area contributed by atoms with Crippen LogP contribution in [0, 0.1) is 0 Å². The molecule has 1 aliphatic heterocycles. The van der Waals surface area contributed by atoms with Gasteiger partial charge in [0.1, 0.15) is 11.5 Å². The van der Waals surface area contributed by atoms with Crippen LogP contribution in [0.5, 0.6) is 11.5 Å². The molecule has 28 heavy (non-hydrogen) atoms. The summed E-state index contributed by atoms with van der Waals surface area (Å²) in [4.78, 5) is 12.2. The van der Waals surface area contributed by atoms with Crippen molar-refractivity contribution in [1.29, 1.82) is 0 Å². The number of carbonyl (C=O) groups excluding carboxylic acids is 1. The molecule has 1 amide bonds. The van der Waals surface area contributed by atoms with E-state index in [4.69, 9.17) is 9.47 Å². The average Bonchev–Trinajstić information content (AvgIpc) is 3.25. The van der Waals surface area contributed by atoms with Crippen LogP contribution in [0.25, 0.3) is 21.9 Å². The number of phenolic OH excluding ortho intramolecular Hbond substituents is 1. The molecule has 0 bridgehead atoms. The molecule has 1 atom stereocenters. The summed E-state index contributed by atoms with van der Waals surface area (Å²) in [6.07, 6.45) is 2.14. The minimum absolute atomic E-state index is 0.0594. The Kier molecular flexibility index (Phi) is 5.44. The quantitative estimate of drug-likeness (QED) is 0.684. The third-order valence-electron chi connectivity index (χ3n) is 4.96. The first-order chi connectivity index (χ1) is 13.7. The third kappa shape index (κ3) is 4.10. The van der Waals surface area contributed by atoms with E-state index in [9.17, 15) is 9.90 Å². The monoisotopic (exact) mass is 377 g/mol. The zero-order valence-electron chi connectivity index (χ0n) is 15.6. The van der Waals surface area contributed by atoms with E-state index in [0.717, 1.165) is 41.3 Å². The van der Waals surface area contributed by atoms with Crippen molar-refractivity contribution in [3.63, 3.8) is 0 Å². The van der Waals surface area contributed by atoms with E-state index in [2.05, 4.69) is 5.32 Å². The lowest BCUT2D eigenvalue weighted by Gasteiger charge is -2.15. The molecule has 3 aromatic rings. The van der Waals surface area contributed by atoms with Crippen LogP contribution in [0.3, 0.4) is 0 Å². The molecule has 5 heteroatoms. The van der Waals surface area contributed by atoms with Crippen LogP contribution in [-0.4, -0.2) is 36.9 Å². The number of rotatable bonds is 6. The molecule has 4 rings (SSSR count). The third-order valence-corrected chi connectivity index (χ3v) is 4.96. The van der Waals surface area contributed by atoms with E-state index in [1.54, 1.807) is 12.1 Å². The first kappa shape index (κ1) is 18.3. The summed E-state index contributed by atoms with van der Waals surface area (Å²) in [5, 5.41) is 14.6. The molecular weight excluding hydrogens is 354 g/mol. The molecule has 2 N–H and O–H groups in total. The molecule has 5 nitrogen and oxygen atoms in total. The van der Waals surface area contributed by atoms with Gasteiger partial charge < -0.3 is 19.9 Å². The normalized spacial score (nSPS) is 16.2. The summed E-state index contributed by atoms with van der Waals surface area (Å²) in [5.41, 5.74) is 1.83. The standard InChI is InChI=1S/C23H23NO4/c25-18-10-7-17(8-11-18)23-20-6-2-1-4-16(20)9-12-21(23)28-15-22(26)24-14-19-5-3-13-27-19/h1-2,4,6-12,19,25H,3,5,13-15H2,(H,24,26). The second-order valence-corrected chi connectivity index (χ2v) is 6.93. The van der Waals surface area contributed by atoms with Gasteiger partial charge in [0.25, 0.3) is 5.91 Å².